The van der Waals surface area contributed by atoms with Crippen molar-refractivity contribution in [2.75, 3.05) is 94.3 Å². The summed E-state index contributed by atoms with van der Waals surface area (Å²) in [4.78, 5) is 14.9. The van der Waals surface area contributed by atoms with E-state index < -0.39 is 53.2 Å². The van der Waals surface area contributed by atoms with Crippen LogP contribution >= 0.6 is 0 Å². The molecule has 0 saturated heterocycles. The molecule has 1 atom stereocenters. The predicted molar refractivity (Wildman–Crippen MR) is 248 cm³/mol. The Labute approximate surface area is 384 Å². The predicted octanol–water partition coefficient (Wildman–Crippen LogP) is 5.99. The lowest BCUT2D eigenvalue weighted by Crippen LogP contribution is -2.30. The Balaban J connectivity index is 2.01. The number of aromatic hydroxyl groups is 1. The molecule has 1 aliphatic rings. The van der Waals surface area contributed by atoms with E-state index >= 15 is 0 Å². The van der Waals surface area contributed by atoms with Crippen molar-refractivity contribution in [1.29, 1.82) is 0 Å². The summed E-state index contributed by atoms with van der Waals surface area (Å²) in [7, 11) is -11.6. The van der Waals surface area contributed by atoms with Gasteiger partial charge in [0.25, 0.3) is 30.4 Å². The molecule has 0 aliphatic carbocycles. The number of ether oxygens (including phenoxy) is 4. The number of hydrogen-bond donors (Lipinski definition) is 5. The molecule has 3 rings (SSSR count). The van der Waals surface area contributed by atoms with Gasteiger partial charge in [0.15, 0.2) is 0 Å². The van der Waals surface area contributed by atoms with E-state index in [0.29, 0.717) is 86.4 Å². The highest BCUT2D eigenvalue weighted by molar-refractivity contribution is 7.86. The first-order valence-corrected chi connectivity index (χ1v) is 25.9. The van der Waals surface area contributed by atoms with Gasteiger partial charge in [-0.1, -0.05) is 39.0 Å². The zero-order chi connectivity index (χ0) is 48.5. The van der Waals surface area contributed by atoms with E-state index in [2.05, 4.69) is 20.8 Å². The summed E-state index contributed by atoms with van der Waals surface area (Å²) in [5, 5.41) is 21.1. The van der Waals surface area contributed by atoms with Crippen LogP contribution in [0.15, 0.2) is 71.3 Å². The zero-order valence-electron chi connectivity index (χ0n) is 37.8. The molecule has 366 valence electrons. The number of allylic oxidation sites excluding steroid dienone is 6. The lowest BCUT2D eigenvalue weighted by atomic mass is 9.77. The number of benzene rings is 2. The molecular weight excluding hydrogens is 909 g/mol. The number of carboxylic acids is 1. The van der Waals surface area contributed by atoms with E-state index in [1.165, 1.54) is 18.2 Å². The molecule has 1 heterocycles. The number of nitrogens with zero attached hydrogens (tertiary/aromatic N) is 2. The highest BCUT2D eigenvalue weighted by Crippen LogP contribution is 2.51. The fraction of sp³-hybridized carbons (Fsp3) is 0.568. The maximum atomic E-state index is 12.3. The van der Waals surface area contributed by atoms with Crippen LogP contribution in [0.1, 0.15) is 77.3 Å². The number of phenolic OH excluding ortho intramolecular Hbond substituents is 1. The average Bonchev–Trinajstić information content (AvgIpc) is 3.41. The Morgan fingerprint density at radius 3 is 2.00 bits per heavy atom. The lowest BCUT2D eigenvalue weighted by Gasteiger charge is -2.30. The number of anilines is 2. The minimum absolute atomic E-state index is 0.0131. The second kappa shape index (κ2) is 25.3. The highest BCUT2D eigenvalue weighted by Gasteiger charge is 2.43. The summed E-state index contributed by atoms with van der Waals surface area (Å²) in [6.45, 7) is 11.2. The minimum atomic E-state index is -4.64. The molecule has 0 amide bonds. The van der Waals surface area contributed by atoms with Crippen LogP contribution in [0.5, 0.6) is 5.75 Å². The van der Waals surface area contributed by atoms with Crippen molar-refractivity contribution in [3.8, 4) is 5.75 Å². The monoisotopic (exact) mass is 974 g/mol. The number of phenols is 1. The summed E-state index contributed by atoms with van der Waals surface area (Å²) in [5.41, 5.74) is 2.04. The van der Waals surface area contributed by atoms with Gasteiger partial charge in [0.2, 0.25) is 0 Å². The number of carbonyl (C=O) groups is 1. The van der Waals surface area contributed by atoms with Gasteiger partial charge in [-0.05, 0) is 92.0 Å². The SMILES string of the molecule is COCCOCCOCCOCCN(CCCS(=O)(=O)O)c1ccc(C(=C\CC(C)(C)C)/C=C/C=C2\N(CCCS(=O)(=O)O)c3ccc(S(=O)(=O)O)cc3C2(C)CCCC(=O)O)c(O)c1. The number of fused-ring (bicyclic) bond motifs is 1. The molecule has 0 saturated carbocycles. The molecule has 65 heavy (non-hydrogen) atoms. The third-order valence-corrected chi connectivity index (χ3v) is 13.0. The molecule has 0 bridgehead atoms. The van der Waals surface area contributed by atoms with Crippen LogP contribution in [0.3, 0.4) is 0 Å². The Kier molecular flexibility index (Phi) is 21.6. The summed E-state index contributed by atoms with van der Waals surface area (Å²) < 4.78 is 121. The summed E-state index contributed by atoms with van der Waals surface area (Å²) in [6, 6.07) is 9.12. The van der Waals surface area contributed by atoms with Gasteiger partial charge in [0.1, 0.15) is 5.75 Å². The zero-order valence-corrected chi connectivity index (χ0v) is 40.3. The van der Waals surface area contributed by atoms with Gasteiger partial charge in [-0.15, -0.1) is 0 Å². The van der Waals surface area contributed by atoms with Crippen LogP contribution in [0.2, 0.25) is 0 Å². The van der Waals surface area contributed by atoms with Crippen LogP contribution in [0.4, 0.5) is 11.4 Å². The minimum Gasteiger partial charge on any atom is -0.507 e. The molecule has 0 radical (unpaired) electrons. The van der Waals surface area contributed by atoms with E-state index in [0.717, 1.165) is 0 Å². The van der Waals surface area contributed by atoms with Crippen LogP contribution in [0.25, 0.3) is 5.57 Å². The molecule has 2 aromatic carbocycles. The average molecular weight is 975 g/mol. The maximum Gasteiger partial charge on any atom is 0.303 e. The molecule has 0 fully saturated rings. The van der Waals surface area contributed by atoms with Crippen LogP contribution < -0.4 is 9.80 Å². The Morgan fingerprint density at radius 1 is 0.815 bits per heavy atom. The van der Waals surface area contributed by atoms with Gasteiger partial charge >= 0.3 is 5.97 Å². The van der Waals surface area contributed by atoms with Gasteiger partial charge in [-0.2, -0.15) is 25.3 Å². The van der Waals surface area contributed by atoms with E-state index in [1.54, 1.807) is 48.4 Å². The quantitative estimate of drug-likeness (QED) is 0.0342. The Hall–Kier alpha value is -3.90. The number of aliphatic carboxylic acids is 1. The summed E-state index contributed by atoms with van der Waals surface area (Å²) in [6.07, 6.45) is 8.15. The van der Waals surface area contributed by atoms with Crippen molar-refractivity contribution in [1.82, 2.24) is 0 Å². The fourth-order valence-corrected chi connectivity index (χ4v) is 8.74. The standard InChI is InChI=1S/C44H66N2O16S3/c1-43(2,3)19-17-34(37-15-13-35(32-40(37)47)45(20-8-30-63(50,51)52)22-23-60-26-27-62-29-28-61-25-24-59-5)10-6-11-41-44(4,18-7-12-42(48)49)38-33-36(65(56,57)58)14-16-39(38)46(41)21-9-31-64(53,54)55/h6,10-11,13-17,32-33,47H,7-9,12,18-31H2,1-5H3,(H,48,49)(H,50,51,52)(H,53,54,55)(H,56,57,58)/b10-6+,34-17-,41-11-. The smallest absolute Gasteiger partial charge is 0.303 e. The van der Waals surface area contributed by atoms with Gasteiger partial charge in [-0.25, -0.2) is 0 Å². The molecule has 5 N–H and O–H groups in total. The molecule has 0 aromatic heterocycles. The van der Waals surface area contributed by atoms with E-state index in [-0.39, 0.29) is 67.9 Å². The van der Waals surface area contributed by atoms with E-state index in [1.807, 2.05) is 17.9 Å². The molecule has 21 heteroatoms. The summed E-state index contributed by atoms with van der Waals surface area (Å²) >= 11 is 0. The first-order valence-electron chi connectivity index (χ1n) is 21.3. The number of hydrogen-bond acceptors (Lipinski definition) is 14. The molecule has 2 aromatic rings. The second-order valence-electron chi connectivity index (χ2n) is 17.0. The molecule has 1 unspecified atom stereocenters. The molecule has 0 spiro atoms. The second-order valence-corrected chi connectivity index (χ2v) is 21.6. The first kappa shape index (κ1) is 55.4. The van der Waals surface area contributed by atoms with Crippen LogP contribution in [-0.2, 0) is 59.5 Å². The number of methoxy groups -OCH3 is 1. The first-order chi connectivity index (χ1) is 30.3. The highest BCUT2D eigenvalue weighted by atomic mass is 32.2. The summed E-state index contributed by atoms with van der Waals surface area (Å²) in [5.74, 6) is -2.13. The van der Waals surface area contributed by atoms with Crippen molar-refractivity contribution < 1.29 is 72.9 Å². The Bertz CT molecular complexity index is 2310. The Morgan fingerprint density at radius 2 is 1.43 bits per heavy atom. The van der Waals surface area contributed by atoms with Gasteiger partial charge in [-0.3, -0.25) is 18.5 Å². The maximum absolute atomic E-state index is 12.3. The number of carboxylic acid groups (broad SMARTS) is 1. The third kappa shape index (κ3) is 19.5. The fourth-order valence-electron chi connectivity index (χ4n) is 7.25. The van der Waals surface area contributed by atoms with E-state index in [9.17, 15) is 53.9 Å². The van der Waals surface area contributed by atoms with E-state index in [4.69, 9.17) is 18.9 Å². The third-order valence-electron chi connectivity index (χ3n) is 10.5. The van der Waals surface area contributed by atoms with Crippen molar-refractivity contribution in [3.63, 3.8) is 0 Å². The van der Waals surface area contributed by atoms with Crippen molar-refractivity contribution in [3.05, 3.63) is 77.5 Å². The topological polar surface area (TPSA) is 264 Å². The van der Waals surface area contributed by atoms with Crippen molar-refractivity contribution in [2.45, 2.75) is 76.5 Å². The molecule has 18 nitrogen and oxygen atoms in total. The molecular formula is C44H66N2O16S3. The lowest BCUT2D eigenvalue weighted by molar-refractivity contribution is -0.137. The van der Waals surface area contributed by atoms with Gasteiger partial charge in [0.05, 0.1) is 62.6 Å². The van der Waals surface area contributed by atoms with Crippen LogP contribution in [0, 0.1) is 5.41 Å². The van der Waals surface area contributed by atoms with Gasteiger partial charge in [0, 0.05) is 67.3 Å². The van der Waals surface area contributed by atoms with Crippen molar-refractivity contribution in [2.24, 2.45) is 5.41 Å². The normalized spacial score (nSPS) is 16.8. The molecule has 1 aliphatic heterocycles. The van der Waals surface area contributed by atoms with Crippen molar-refractivity contribution >= 4 is 53.3 Å². The van der Waals surface area contributed by atoms with Crippen LogP contribution in [-0.4, -0.2) is 140 Å². The van der Waals surface area contributed by atoms with Gasteiger partial charge < -0.3 is 39.0 Å². The number of rotatable bonds is 30. The largest absolute Gasteiger partial charge is 0.507 e.